The van der Waals surface area contributed by atoms with Crippen molar-refractivity contribution >= 4 is 30.7 Å². The largest absolute Gasteiger partial charge is 0.341 e. The first-order chi connectivity index (χ1) is 8.20. The van der Waals surface area contributed by atoms with Crippen molar-refractivity contribution in [1.29, 1.82) is 0 Å². The lowest BCUT2D eigenvalue weighted by atomic mass is 10.0. The molecular weight excluding hydrogens is 287 g/mol. The Balaban J connectivity index is 0.00000162. The molecule has 0 aliphatic carbocycles. The van der Waals surface area contributed by atoms with E-state index in [1.165, 1.54) is 0 Å². The lowest BCUT2D eigenvalue weighted by Crippen LogP contribution is -2.46. The molecular formula is C12H22Cl2N4O. The molecule has 1 aliphatic heterocycles. The number of nitrogens with zero attached hydrogens (tertiary/aromatic N) is 3. The molecule has 1 aromatic rings. The number of amides is 1. The van der Waals surface area contributed by atoms with Gasteiger partial charge in [0.15, 0.2) is 0 Å². The second-order valence-electron chi connectivity index (χ2n) is 4.59. The Morgan fingerprint density at radius 3 is 2.58 bits per heavy atom. The van der Waals surface area contributed by atoms with Gasteiger partial charge in [-0.05, 0) is 38.9 Å². The molecule has 0 bridgehead atoms. The first-order valence-corrected chi connectivity index (χ1v) is 6.16. The second-order valence-corrected chi connectivity index (χ2v) is 4.59. The summed E-state index contributed by atoms with van der Waals surface area (Å²) in [5, 5.41) is 7.43. The average molecular weight is 309 g/mol. The first-order valence-electron chi connectivity index (χ1n) is 6.16. The summed E-state index contributed by atoms with van der Waals surface area (Å²) in [7, 11) is 1.90. The van der Waals surface area contributed by atoms with Crippen LogP contribution < -0.4 is 5.32 Å². The van der Waals surface area contributed by atoms with Gasteiger partial charge in [0.2, 0.25) is 5.91 Å². The summed E-state index contributed by atoms with van der Waals surface area (Å²) in [6, 6.07) is 1.99. The highest BCUT2D eigenvalue weighted by atomic mass is 35.5. The van der Waals surface area contributed by atoms with Gasteiger partial charge in [0.25, 0.3) is 0 Å². The minimum atomic E-state index is -0.218. The summed E-state index contributed by atoms with van der Waals surface area (Å²) >= 11 is 0. The van der Waals surface area contributed by atoms with Crippen LogP contribution >= 0.6 is 24.8 Å². The van der Waals surface area contributed by atoms with Gasteiger partial charge in [-0.15, -0.1) is 24.8 Å². The molecule has 7 heteroatoms. The molecule has 1 N–H and O–H groups in total. The molecule has 0 radical (unpaired) electrons. The van der Waals surface area contributed by atoms with Crippen molar-refractivity contribution in [2.75, 3.05) is 20.1 Å². The van der Waals surface area contributed by atoms with Crippen molar-refractivity contribution in [1.82, 2.24) is 20.0 Å². The Morgan fingerprint density at radius 1 is 1.42 bits per heavy atom. The molecule has 19 heavy (non-hydrogen) atoms. The van der Waals surface area contributed by atoms with E-state index in [9.17, 15) is 4.79 Å². The SMILES string of the molecule is CC(C(=O)N(C)C1CCNCC1)n1cccn1.Cl.Cl. The number of halogens is 2. The van der Waals surface area contributed by atoms with Gasteiger partial charge in [-0.25, -0.2) is 0 Å². The van der Waals surface area contributed by atoms with Crippen molar-refractivity contribution in [2.24, 2.45) is 0 Å². The third-order valence-electron chi connectivity index (χ3n) is 3.48. The fourth-order valence-corrected chi connectivity index (χ4v) is 2.29. The minimum Gasteiger partial charge on any atom is -0.341 e. The van der Waals surface area contributed by atoms with Crippen LogP contribution in [0.5, 0.6) is 0 Å². The molecule has 1 atom stereocenters. The molecule has 1 unspecified atom stereocenters. The Morgan fingerprint density at radius 2 is 2.05 bits per heavy atom. The van der Waals surface area contributed by atoms with Crippen molar-refractivity contribution in [3.63, 3.8) is 0 Å². The summed E-state index contributed by atoms with van der Waals surface area (Å²) in [4.78, 5) is 14.2. The van der Waals surface area contributed by atoms with E-state index in [0.717, 1.165) is 25.9 Å². The smallest absolute Gasteiger partial charge is 0.247 e. The first kappa shape index (κ1) is 18.2. The van der Waals surface area contributed by atoms with Crippen molar-refractivity contribution < 1.29 is 4.79 Å². The molecule has 1 amide bonds. The maximum Gasteiger partial charge on any atom is 0.247 e. The standard InChI is InChI=1S/C12H20N4O.2ClH/c1-10(16-9-3-6-14-16)12(17)15(2)11-4-7-13-8-5-11;;/h3,6,9-11,13H,4-5,7-8H2,1-2H3;2*1H. The van der Waals surface area contributed by atoms with Crippen molar-refractivity contribution in [2.45, 2.75) is 31.8 Å². The van der Waals surface area contributed by atoms with E-state index >= 15 is 0 Å². The van der Waals surface area contributed by atoms with Gasteiger partial charge in [-0.1, -0.05) is 0 Å². The highest BCUT2D eigenvalue weighted by Gasteiger charge is 2.26. The monoisotopic (exact) mass is 308 g/mol. The molecule has 2 heterocycles. The molecule has 5 nitrogen and oxygen atoms in total. The number of piperidine rings is 1. The van der Waals surface area contributed by atoms with E-state index in [-0.39, 0.29) is 36.8 Å². The number of carbonyl (C=O) groups is 1. The highest BCUT2D eigenvalue weighted by Crippen LogP contribution is 2.15. The zero-order valence-electron chi connectivity index (χ0n) is 11.3. The van der Waals surface area contributed by atoms with E-state index in [4.69, 9.17) is 0 Å². The fraction of sp³-hybridized carbons (Fsp3) is 0.667. The zero-order valence-corrected chi connectivity index (χ0v) is 12.9. The molecule has 2 rings (SSSR count). The van der Waals surface area contributed by atoms with Gasteiger partial charge in [0.1, 0.15) is 6.04 Å². The van der Waals surface area contributed by atoms with Crippen LogP contribution in [0.3, 0.4) is 0 Å². The maximum absolute atomic E-state index is 12.3. The van der Waals surface area contributed by atoms with Gasteiger partial charge in [0, 0.05) is 25.5 Å². The summed E-state index contributed by atoms with van der Waals surface area (Å²) in [5.41, 5.74) is 0. The minimum absolute atomic E-state index is 0. The number of likely N-dealkylation sites (N-methyl/N-ethyl adjacent to an activating group) is 1. The third-order valence-corrected chi connectivity index (χ3v) is 3.48. The molecule has 0 saturated carbocycles. The van der Waals surface area contributed by atoms with Gasteiger partial charge in [0.05, 0.1) is 0 Å². The van der Waals surface area contributed by atoms with Crippen LogP contribution in [0.4, 0.5) is 0 Å². The summed E-state index contributed by atoms with van der Waals surface area (Å²) in [5.74, 6) is 0.139. The van der Waals surface area contributed by atoms with Crippen LogP contribution in [0.15, 0.2) is 18.5 Å². The lowest BCUT2D eigenvalue weighted by molar-refractivity contribution is -0.135. The number of hydrogen-bond acceptors (Lipinski definition) is 3. The summed E-state index contributed by atoms with van der Waals surface area (Å²) in [6.45, 7) is 3.89. The van der Waals surface area contributed by atoms with Gasteiger partial charge >= 0.3 is 0 Å². The molecule has 0 aromatic carbocycles. The van der Waals surface area contributed by atoms with Crippen molar-refractivity contribution in [3.05, 3.63) is 18.5 Å². The lowest BCUT2D eigenvalue weighted by Gasteiger charge is -2.33. The van der Waals surface area contributed by atoms with E-state index in [0.29, 0.717) is 6.04 Å². The molecule has 1 fully saturated rings. The summed E-state index contributed by atoms with van der Waals surface area (Å²) in [6.07, 6.45) is 5.61. The Hall–Kier alpha value is -0.780. The van der Waals surface area contributed by atoms with Crippen LogP contribution in [0, 0.1) is 0 Å². The number of aromatic nitrogens is 2. The molecule has 1 aliphatic rings. The topological polar surface area (TPSA) is 50.2 Å². The van der Waals surface area contributed by atoms with Crippen LogP contribution in [0.1, 0.15) is 25.8 Å². The molecule has 1 saturated heterocycles. The van der Waals surface area contributed by atoms with Gasteiger partial charge in [-0.2, -0.15) is 5.10 Å². The van der Waals surface area contributed by atoms with Crippen molar-refractivity contribution in [3.8, 4) is 0 Å². The van der Waals surface area contributed by atoms with Gasteiger partial charge in [-0.3, -0.25) is 9.48 Å². The zero-order chi connectivity index (χ0) is 12.3. The quantitative estimate of drug-likeness (QED) is 0.920. The fourth-order valence-electron chi connectivity index (χ4n) is 2.29. The molecule has 1 aromatic heterocycles. The molecule has 110 valence electrons. The number of nitrogens with one attached hydrogen (secondary N) is 1. The summed E-state index contributed by atoms with van der Waals surface area (Å²) < 4.78 is 1.71. The third kappa shape index (κ3) is 4.37. The Bertz CT molecular complexity index is 366. The van der Waals surface area contributed by atoms with Crippen LogP contribution in [-0.4, -0.2) is 46.8 Å². The van der Waals surface area contributed by atoms with Gasteiger partial charge < -0.3 is 10.2 Å². The normalized spacial score (nSPS) is 16.9. The van der Waals surface area contributed by atoms with E-state index in [1.807, 2.05) is 31.1 Å². The van der Waals surface area contributed by atoms with Crippen LogP contribution in [0.25, 0.3) is 0 Å². The van der Waals surface area contributed by atoms with E-state index < -0.39 is 0 Å². The highest BCUT2D eigenvalue weighted by molar-refractivity contribution is 5.85. The average Bonchev–Trinajstić information content (AvgIpc) is 2.91. The Labute approximate surface area is 126 Å². The molecule has 0 spiro atoms. The number of rotatable bonds is 3. The van der Waals surface area contributed by atoms with E-state index in [1.54, 1.807) is 10.9 Å². The predicted octanol–water partition coefficient (Wildman–Crippen LogP) is 1.50. The van der Waals surface area contributed by atoms with Crippen LogP contribution in [-0.2, 0) is 4.79 Å². The second kappa shape index (κ2) is 8.40. The predicted molar refractivity (Wildman–Crippen MR) is 80.1 cm³/mol. The Kier molecular flexibility index (Phi) is 8.06. The van der Waals surface area contributed by atoms with Crippen LogP contribution in [0.2, 0.25) is 0 Å². The number of hydrogen-bond donors (Lipinski definition) is 1. The number of carbonyl (C=O) groups excluding carboxylic acids is 1. The van der Waals surface area contributed by atoms with E-state index in [2.05, 4.69) is 10.4 Å². The maximum atomic E-state index is 12.3.